The summed E-state index contributed by atoms with van der Waals surface area (Å²) in [5.74, 6) is -0.244. The van der Waals surface area contributed by atoms with E-state index in [1.807, 2.05) is 0 Å². The van der Waals surface area contributed by atoms with E-state index in [0.717, 1.165) is 12.8 Å². The molecule has 0 saturated heterocycles. The van der Waals surface area contributed by atoms with Crippen molar-refractivity contribution in [2.75, 3.05) is 26.9 Å². The van der Waals surface area contributed by atoms with E-state index in [2.05, 4.69) is 0 Å². The molecule has 0 heterocycles. The second kappa shape index (κ2) is 8.49. The second-order valence-corrected chi connectivity index (χ2v) is 2.53. The molecule has 0 radical (unpaired) electrons. The fourth-order valence-corrected chi connectivity index (χ4v) is 0.748. The number of ether oxygens (including phenoxy) is 2. The van der Waals surface area contributed by atoms with Crippen molar-refractivity contribution in [3.63, 3.8) is 0 Å². The van der Waals surface area contributed by atoms with Crippen LogP contribution in [0.25, 0.3) is 0 Å². The van der Waals surface area contributed by atoms with Crippen LogP contribution >= 0.6 is 0 Å². The highest BCUT2D eigenvalue weighted by Crippen LogP contribution is 1.94. The summed E-state index contributed by atoms with van der Waals surface area (Å²) in [6.07, 6.45) is 2.14. The Labute approximate surface area is 73.0 Å². The average Bonchev–Trinajstić information content (AvgIpc) is 2.02. The maximum Gasteiger partial charge on any atom is 0.217 e. The van der Waals surface area contributed by atoms with E-state index in [9.17, 15) is 4.79 Å². The zero-order chi connectivity index (χ0) is 9.23. The van der Waals surface area contributed by atoms with Gasteiger partial charge < -0.3 is 15.2 Å². The number of carbonyl (C=O) groups excluding carboxylic acids is 1. The van der Waals surface area contributed by atoms with Crippen LogP contribution in [0.1, 0.15) is 19.3 Å². The number of amides is 1. The molecule has 0 aliphatic rings. The Morgan fingerprint density at radius 1 is 1.25 bits per heavy atom. The number of hydrogen-bond donors (Lipinski definition) is 1. The van der Waals surface area contributed by atoms with Gasteiger partial charge in [-0.1, -0.05) is 0 Å². The van der Waals surface area contributed by atoms with E-state index in [0.29, 0.717) is 26.2 Å². The minimum absolute atomic E-state index is 0.244. The molecule has 0 aliphatic heterocycles. The average molecular weight is 175 g/mol. The van der Waals surface area contributed by atoms with Gasteiger partial charge in [-0.2, -0.15) is 0 Å². The zero-order valence-electron chi connectivity index (χ0n) is 7.54. The lowest BCUT2D eigenvalue weighted by molar-refractivity contribution is -0.118. The first-order valence-corrected chi connectivity index (χ1v) is 4.12. The van der Waals surface area contributed by atoms with Crippen molar-refractivity contribution in [2.24, 2.45) is 5.73 Å². The molecule has 0 aliphatic carbocycles. The van der Waals surface area contributed by atoms with Crippen molar-refractivity contribution in [3.8, 4) is 0 Å². The normalized spacial score (nSPS) is 10.1. The summed E-state index contributed by atoms with van der Waals surface area (Å²) >= 11 is 0. The molecular weight excluding hydrogens is 158 g/mol. The number of hydrogen-bond acceptors (Lipinski definition) is 3. The van der Waals surface area contributed by atoms with Crippen molar-refractivity contribution in [1.29, 1.82) is 0 Å². The van der Waals surface area contributed by atoms with Crippen molar-refractivity contribution in [2.45, 2.75) is 19.3 Å². The zero-order valence-corrected chi connectivity index (χ0v) is 7.54. The third-order valence-electron chi connectivity index (χ3n) is 1.39. The summed E-state index contributed by atoms with van der Waals surface area (Å²) in [7, 11) is 1.64. The van der Waals surface area contributed by atoms with Gasteiger partial charge >= 0.3 is 0 Å². The van der Waals surface area contributed by atoms with Gasteiger partial charge in [0.1, 0.15) is 0 Å². The maximum atomic E-state index is 10.3. The lowest BCUT2D eigenvalue weighted by Crippen LogP contribution is -2.10. The molecule has 1 amide bonds. The van der Waals surface area contributed by atoms with Crippen LogP contribution in [-0.2, 0) is 14.3 Å². The molecule has 0 aromatic rings. The predicted molar refractivity (Wildman–Crippen MR) is 45.7 cm³/mol. The SMILES string of the molecule is COCCOCCCCC(N)=O. The van der Waals surface area contributed by atoms with Crippen LogP contribution in [0.4, 0.5) is 0 Å². The fraction of sp³-hybridized carbons (Fsp3) is 0.875. The molecule has 2 N–H and O–H groups in total. The predicted octanol–water partition coefficient (Wildman–Crippen LogP) is 0.305. The van der Waals surface area contributed by atoms with Crippen LogP contribution in [0.5, 0.6) is 0 Å². The molecule has 72 valence electrons. The number of nitrogens with two attached hydrogens (primary N) is 1. The van der Waals surface area contributed by atoms with Crippen molar-refractivity contribution >= 4 is 5.91 Å². The molecule has 0 saturated carbocycles. The topological polar surface area (TPSA) is 61.6 Å². The lowest BCUT2D eigenvalue weighted by Gasteiger charge is -2.01. The van der Waals surface area contributed by atoms with Crippen LogP contribution in [0.15, 0.2) is 0 Å². The Hall–Kier alpha value is -0.610. The van der Waals surface area contributed by atoms with Gasteiger partial charge in [-0.25, -0.2) is 0 Å². The third-order valence-corrected chi connectivity index (χ3v) is 1.39. The smallest absolute Gasteiger partial charge is 0.217 e. The Balaban J connectivity index is 2.86. The molecule has 4 nitrogen and oxygen atoms in total. The second-order valence-electron chi connectivity index (χ2n) is 2.53. The third kappa shape index (κ3) is 9.39. The molecule has 0 aromatic carbocycles. The number of rotatable bonds is 8. The quantitative estimate of drug-likeness (QED) is 0.540. The van der Waals surface area contributed by atoms with Gasteiger partial charge in [-0.3, -0.25) is 4.79 Å². The molecule has 0 fully saturated rings. The van der Waals surface area contributed by atoms with Crippen LogP contribution in [-0.4, -0.2) is 32.8 Å². The van der Waals surface area contributed by atoms with Crippen molar-refractivity contribution in [1.82, 2.24) is 0 Å². The van der Waals surface area contributed by atoms with E-state index in [4.69, 9.17) is 15.2 Å². The first-order valence-electron chi connectivity index (χ1n) is 4.12. The molecule has 12 heavy (non-hydrogen) atoms. The first kappa shape index (κ1) is 11.4. The molecule has 0 atom stereocenters. The Bertz CT molecular complexity index is 117. The molecular formula is C8H17NO3. The molecule has 4 heteroatoms. The number of carbonyl (C=O) groups is 1. The Morgan fingerprint density at radius 2 is 2.00 bits per heavy atom. The highest BCUT2D eigenvalue weighted by molar-refractivity contribution is 5.73. The van der Waals surface area contributed by atoms with E-state index in [-0.39, 0.29) is 5.91 Å². The Morgan fingerprint density at radius 3 is 2.58 bits per heavy atom. The van der Waals surface area contributed by atoms with E-state index >= 15 is 0 Å². The number of unbranched alkanes of at least 4 members (excludes halogenated alkanes) is 1. The fourth-order valence-electron chi connectivity index (χ4n) is 0.748. The van der Waals surface area contributed by atoms with Crippen LogP contribution in [0.3, 0.4) is 0 Å². The van der Waals surface area contributed by atoms with Gasteiger partial charge in [0, 0.05) is 20.1 Å². The summed E-state index contributed by atoms with van der Waals surface area (Å²) in [5, 5.41) is 0. The van der Waals surface area contributed by atoms with E-state index < -0.39 is 0 Å². The summed E-state index contributed by atoms with van der Waals surface area (Å²) in [6.45, 7) is 1.92. The Kier molecular flexibility index (Phi) is 8.05. The van der Waals surface area contributed by atoms with E-state index in [1.165, 1.54) is 0 Å². The number of methoxy groups -OCH3 is 1. The van der Waals surface area contributed by atoms with Crippen LogP contribution in [0, 0.1) is 0 Å². The van der Waals surface area contributed by atoms with Gasteiger partial charge in [0.15, 0.2) is 0 Å². The summed E-state index contributed by atoms with van der Waals surface area (Å²) < 4.78 is 9.97. The van der Waals surface area contributed by atoms with Gasteiger partial charge in [0.05, 0.1) is 13.2 Å². The number of primary amides is 1. The van der Waals surface area contributed by atoms with Crippen molar-refractivity contribution in [3.05, 3.63) is 0 Å². The van der Waals surface area contributed by atoms with Gasteiger partial charge in [-0.15, -0.1) is 0 Å². The van der Waals surface area contributed by atoms with Gasteiger partial charge in [0.25, 0.3) is 0 Å². The molecule has 0 rings (SSSR count). The van der Waals surface area contributed by atoms with Gasteiger partial charge in [-0.05, 0) is 12.8 Å². The molecule has 0 bridgehead atoms. The van der Waals surface area contributed by atoms with Crippen LogP contribution in [0.2, 0.25) is 0 Å². The minimum Gasteiger partial charge on any atom is -0.382 e. The first-order chi connectivity index (χ1) is 5.77. The lowest BCUT2D eigenvalue weighted by atomic mass is 10.2. The standard InChI is InChI=1S/C8H17NO3/c1-11-6-7-12-5-3-2-4-8(9)10/h2-7H2,1H3,(H2,9,10). The van der Waals surface area contributed by atoms with E-state index in [1.54, 1.807) is 7.11 Å². The summed E-state index contributed by atoms with van der Waals surface area (Å²) in [6, 6.07) is 0. The monoisotopic (exact) mass is 175 g/mol. The summed E-state index contributed by atoms with van der Waals surface area (Å²) in [4.78, 5) is 10.3. The maximum absolute atomic E-state index is 10.3. The van der Waals surface area contributed by atoms with Crippen molar-refractivity contribution < 1.29 is 14.3 Å². The van der Waals surface area contributed by atoms with Gasteiger partial charge in [0.2, 0.25) is 5.91 Å². The summed E-state index contributed by atoms with van der Waals surface area (Å²) in [5.41, 5.74) is 4.96. The minimum atomic E-state index is -0.244. The van der Waals surface area contributed by atoms with Crippen LogP contribution < -0.4 is 5.73 Å². The highest BCUT2D eigenvalue weighted by atomic mass is 16.5. The highest BCUT2D eigenvalue weighted by Gasteiger charge is 1.93. The molecule has 0 unspecified atom stereocenters. The largest absolute Gasteiger partial charge is 0.382 e. The molecule has 0 spiro atoms. The molecule has 0 aromatic heterocycles.